The van der Waals surface area contributed by atoms with E-state index >= 15 is 0 Å². The van der Waals surface area contributed by atoms with Crippen molar-refractivity contribution in [2.75, 3.05) is 32.0 Å². The summed E-state index contributed by atoms with van der Waals surface area (Å²) in [7, 11) is 0. The molecule has 1 N–H and O–H groups in total. The van der Waals surface area contributed by atoms with E-state index < -0.39 is 0 Å². The maximum Gasteiger partial charge on any atom is 0.0723 e. The van der Waals surface area contributed by atoms with Crippen molar-refractivity contribution in [3.8, 4) is 0 Å². The van der Waals surface area contributed by atoms with Crippen molar-refractivity contribution in [3.63, 3.8) is 0 Å². The summed E-state index contributed by atoms with van der Waals surface area (Å²) in [6, 6.07) is 0.867. The molecule has 126 valence electrons. The van der Waals surface area contributed by atoms with E-state index in [9.17, 15) is 5.11 Å². The van der Waals surface area contributed by atoms with Crippen LogP contribution in [0.3, 0.4) is 0 Å². The van der Waals surface area contributed by atoms with E-state index in [2.05, 4.69) is 35.4 Å². The maximum absolute atomic E-state index is 9.32. The number of hydrogen-bond acceptors (Lipinski definition) is 5. The van der Waals surface area contributed by atoms with Crippen LogP contribution in [0.25, 0.3) is 0 Å². The van der Waals surface area contributed by atoms with Crippen LogP contribution in [-0.4, -0.2) is 65.3 Å². The van der Waals surface area contributed by atoms with Gasteiger partial charge in [0, 0.05) is 24.4 Å². The smallest absolute Gasteiger partial charge is 0.0723 e. The molecule has 0 aromatic rings. The number of aliphatic hydroxyl groups is 1. The molecule has 1 unspecified atom stereocenters. The van der Waals surface area contributed by atoms with Gasteiger partial charge in [0.2, 0.25) is 0 Å². The van der Waals surface area contributed by atoms with Crippen LogP contribution in [-0.2, 0) is 0 Å². The van der Waals surface area contributed by atoms with Crippen molar-refractivity contribution in [2.24, 2.45) is 10.5 Å². The molecule has 0 saturated carbocycles. The van der Waals surface area contributed by atoms with Gasteiger partial charge < -0.3 is 5.11 Å². The number of hydrogen-bond donors (Lipinski definition) is 1. The van der Waals surface area contributed by atoms with Crippen LogP contribution in [0.15, 0.2) is 17.1 Å². The van der Waals surface area contributed by atoms with Crippen LogP contribution in [0.4, 0.5) is 0 Å². The van der Waals surface area contributed by atoms with Crippen molar-refractivity contribution >= 4 is 18.0 Å². The first kappa shape index (κ1) is 17.8. The number of β-amino-alcohol motifs (C(OH)–C–C–N with tert-alkyl or cyclic N) is 1. The monoisotopic (exact) mass is 325 g/mol. The van der Waals surface area contributed by atoms with E-state index in [0.29, 0.717) is 24.0 Å². The highest BCUT2D eigenvalue weighted by Gasteiger charge is 2.35. The topological polar surface area (TPSA) is 39.1 Å². The van der Waals surface area contributed by atoms with Crippen molar-refractivity contribution in [2.45, 2.75) is 51.6 Å². The summed E-state index contributed by atoms with van der Waals surface area (Å²) >= 11 is 1.76. The predicted octanol–water partition coefficient (Wildman–Crippen LogP) is 2.80. The summed E-state index contributed by atoms with van der Waals surface area (Å²) in [6.07, 6.45) is 6.91. The second kappa shape index (κ2) is 8.37. The first-order valence-electron chi connectivity index (χ1n) is 8.44. The lowest BCUT2D eigenvalue weighted by Crippen LogP contribution is -2.54. The molecular formula is C17H31N3OS. The molecule has 0 aliphatic carbocycles. The fourth-order valence-corrected chi connectivity index (χ4v) is 4.29. The molecule has 2 rings (SSSR count). The first-order chi connectivity index (χ1) is 10.6. The minimum Gasteiger partial charge on any atom is -0.394 e. The molecule has 0 radical (unpaired) electrons. The minimum absolute atomic E-state index is 0.159. The lowest BCUT2D eigenvalue weighted by atomic mass is 9.85. The lowest BCUT2D eigenvalue weighted by Gasteiger charge is -2.43. The second-order valence-corrected chi connectivity index (χ2v) is 8.11. The maximum atomic E-state index is 9.32. The predicted molar refractivity (Wildman–Crippen MR) is 96.3 cm³/mol. The van der Waals surface area contributed by atoms with Crippen molar-refractivity contribution < 1.29 is 5.11 Å². The molecule has 4 nitrogen and oxygen atoms in total. The van der Waals surface area contributed by atoms with Crippen LogP contribution >= 0.6 is 11.8 Å². The Kier molecular flexibility index (Phi) is 6.78. The number of nitrogens with zero attached hydrogens (tertiary/aromatic N) is 3. The molecule has 5 heteroatoms. The Morgan fingerprint density at radius 3 is 2.95 bits per heavy atom. The van der Waals surface area contributed by atoms with E-state index in [0.717, 1.165) is 12.2 Å². The molecule has 2 atom stereocenters. The van der Waals surface area contributed by atoms with Crippen LogP contribution in [0.2, 0.25) is 0 Å². The Morgan fingerprint density at radius 2 is 2.23 bits per heavy atom. The first-order valence-corrected chi connectivity index (χ1v) is 9.49. The highest BCUT2D eigenvalue weighted by atomic mass is 32.2. The summed E-state index contributed by atoms with van der Waals surface area (Å²) < 4.78 is 0. The van der Waals surface area contributed by atoms with Gasteiger partial charge in [-0.25, -0.2) is 0 Å². The summed E-state index contributed by atoms with van der Waals surface area (Å²) in [5.41, 5.74) is 0.466. The van der Waals surface area contributed by atoms with Gasteiger partial charge in [-0.05, 0) is 43.2 Å². The molecule has 0 bridgehead atoms. The zero-order chi connectivity index (χ0) is 16.0. The van der Waals surface area contributed by atoms with E-state index in [-0.39, 0.29) is 6.61 Å². The van der Waals surface area contributed by atoms with Crippen molar-refractivity contribution in [3.05, 3.63) is 12.0 Å². The SMILES string of the molecule is C=CSC[C@H]1C(N2CCCC(C)(C)CC2)CC=NN1CCO. The van der Waals surface area contributed by atoms with E-state index in [1.54, 1.807) is 11.8 Å². The van der Waals surface area contributed by atoms with Gasteiger partial charge in [0.15, 0.2) is 0 Å². The average molecular weight is 326 g/mol. The fourth-order valence-electron chi connectivity index (χ4n) is 3.56. The standard InChI is InChI=1S/C17H31N3OS/c1-4-22-14-16-15(6-9-18-20(16)12-13-21)19-10-5-7-17(2,3)8-11-19/h4,9,15-16,21H,1,5-8,10-14H2,2-3H3/t15?,16-/m0/s1. The van der Waals surface area contributed by atoms with E-state index in [1.165, 1.54) is 32.4 Å². The fraction of sp³-hybridized carbons (Fsp3) is 0.824. The van der Waals surface area contributed by atoms with Gasteiger partial charge in [-0.15, -0.1) is 11.8 Å². The molecule has 0 spiro atoms. The third-order valence-electron chi connectivity index (χ3n) is 4.96. The molecule has 2 aliphatic heterocycles. The molecule has 0 amide bonds. The Hall–Kier alpha value is -0.520. The van der Waals surface area contributed by atoms with Gasteiger partial charge in [-0.2, -0.15) is 5.10 Å². The van der Waals surface area contributed by atoms with Gasteiger partial charge in [0.1, 0.15) is 0 Å². The Bertz CT molecular complexity index is 386. The number of aliphatic hydroxyl groups excluding tert-OH is 1. The molecule has 0 aromatic carbocycles. The number of rotatable bonds is 6. The largest absolute Gasteiger partial charge is 0.394 e. The van der Waals surface area contributed by atoms with Crippen LogP contribution < -0.4 is 0 Å². The van der Waals surface area contributed by atoms with Gasteiger partial charge in [0.05, 0.1) is 19.2 Å². The summed E-state index contributed by atoms with van der Waals surface area (Å²) in [5, 5.41) is 17.8. The highest BCUT2D eigenvalue weighted by Crippen LogP contribution is 2.32. The summed E-state index contributed by atoms with van der Waals surface area (Å²) in [6.45, 7) is 11.8. The molecule has 22 heavy (non-hydrogen) atoms. The molecule has 0 aromatic heterocycles. The third kappa shape index (κ3) is 4.74. The Labute approximate surface area is 139 Å². The number of thioether (sulfide) groups is 1. The normalized spacial score (nSPS) is 29.3. The van der Waals surface area contributed by atoms with E-state index in [1.807, 2.05) is 11.6 Å². The van der Waals surface area contributed by atoms with Crippen LogP contribution in [0.5, 0.6) is 0 Å². The van der Waals surface area contributed by atoms with Gasteiger partial charge >= 0.3 is 0 Å². The summed E-state index contributed by atoms with van der Waals surface area (Å²) in [4.78, 5) is 2.67. The molecule has 1 saturated heterocycles. The van der Waals surface area contributed by atoms with Gasteiger partial charge in [-0.3, -0.25) is 9.91 Å². The Balaban J connectivity index is 2.08. The molecule has 2 heterocycles. The number of hydrazone groups is 1. The molecular weight excluding hydrogens is 294 g/mol. The average Bonchev–Trinajstić information content (AvgIpc) is 2.67. The van der Waals surface area contributed by atoms with Crippen LogP contribution in [0, 0.1) is 5.41 Å². The van der Waals surface area contributed by atoms with Crippen molar-refractivity contribution in [1.82, 2.24) is 9.91 Å². The quantitative estimate of drug-likeness (QED) is 0.815. The molecule has 2 aliphatic rings. The lowest BCUT2D eigenvalue weighted by molar-refractivity contribution is 0.0722. The zero-order valence-electron chi connectivity index (χ0n) is 14.1. The molecule has 1 fully saturated rings. The zero-order valence-corrected chi connectivity index (χ0v) is 14.9. The highest BCUT2D eigenvalue weighted by molar-refractivity contribution is 8.02. The van der Waals surface area contributed by atoms with E-state index in [4.69, 9.17) is 0 Å². The second-order valence-electron chi connectivity index (χ2n) is 7.11. The van der Waals surface area contributed by atoms with Crippen molar-refractivity contribution in [1.29, 1.82) is 0 Å². The summed E-state index contributed by atoms with van der Waals surface area (Å²) in [5.74, 6) is 0.991. The van der Waals surface area contributed by atoms with Gasteiger partial charge in [0.25, 0.3) is 0 Å². The third-order valence-corrected chi connectivity index (χ3v) is 5.73. The number of likely N-dealkylation sites (tertiary alicyclic amines) is 1. The minimum atomic E-state index is 0.159. The Morgan fingerprint density at radius 1 is 1.41 bits per heavy atom. The van der Waals surface area contributed by atoms with Crippen LogP contribution in [0.1, 0.15) is 39.5 Å². The van der Waals surface area contributed by atoms with Gasteiger partial charge in [-0.1, -0.05) is 20.4 Å².